The van der Waals surface area contributed by atoms with Gasteiger partial charge in [0.1, 0.15) is 0 Å². The van der Waals surface area contributed by atoms with E-state index in [1.165, 1.54) is 0 Å². The van der Waals surface area contributed by atoms with Crippen molar-refractivity contribution in [3.05, 3.63) is 23.5 Å². The minimum Gasteiger partial charge on any atom is -0.328 e. The highest BCUT2D eigenvalue weighted by Crippen LogP contribution is 2.15. The summed E-state index contributed by atoms with van der Waals surface area (Å²) in [6, 6.07) is 0. The summed E-state index contributed by atoms with van der Waals surface area (Å²) in [7, 11) is 0. The molecular weight excluding hydrogens is 228 g/mol. The Hall–Kier alpha value is -1.58. The highest BCUT2D eigenvalue weighted by Gasteiger charge is 2.13. The van der Waals surface area contributed by atoms with Crippen molar-refractivity contribution in [2.45, 2.75) is 52.4 Å². The van der Waals surface area contributed by atoms with Crippen LogP contribution in [-0.4, -0.2) is 11.8 Å². The summed E-state index contributed by atoms with van der Waals surface area (Å²) in [5, 5.41) is 5.75. The second kappa shape index (κ2) is 7.69. The van der Waals surface area contributed by atoms with E-state index in [9.17, 15) is 9.59 Å². The van der Waals surface area contributed by atoms with E-state index in [4.69, 9.17) is 0 Å². The molecule has 1 rings (SSSR count). The summed E-state index contributed by atoms with van der Waals surface area (Å²) >= 11 is 0. The van der Waals surface area contributed by atoms with Gasteiger partial charge < -0.3 is 10.6 Å². The third-order valence-corrected chi connectivity index (χ3v) is 2.69. The van der Waals surface area contributed by atoms with Crippen molar-refractivity contribution >= 4 is 11.8 Å². The van der Waals surface area contributed by atoms with Gasteiger partial charge >= 0.3 is 0 Å². The molecule has 0 heterocycles. The second-order valence-corrected chi connectivity index (χ2v) is 4.43. The number of allylic oxidation sites excluding steroid dienone is 3. The Bertz CT molecular complexity index is 370. The molecule has 0 aromatic rings. The number of hydrogen-bond donors (Lipinski definition) is 2. The van der Waals surface area contributed by atoms with Gasteiger partial charge in [-0.25, -0.2) is 0 Å². The van der Waals surface area contributed by atoms with Crippen LogP contribution in [0.4, 0.5) is 0 Å². The molecule has 0 aromatic carbocycles. The minimum atomic E-state index is 0.00119. The van der Waals surface area contributed by atoms with Gasteiger partial charge in [-0.1, -0.05) is 19.9 Å². The van der Waals surface area contributed by atoms with Crippen LogP contribution in [-0.2, 0) is 9.59 Å². The number of carbonyl (C=O) groups is 2. The summed E-state index contributed by atoms with van der Waals surface area (Å²) in [5.41, 5.74) is 1.57. The molecule has 0 unspecified atom stereocenters. The Morgan fingerprint density at radius 1 is 1.11 bits per heavy atom. The van der Waals surface area contributed by atoms with Crippen molar-refractivity contribution in [3.63, 3.8) is 0 Å². The van der Waals surface area contributed by atoms with Crippen LogP contribution in [0.5, 0.6) is 0 Å². The first-order valence-corrected chi connectivity index (χ1v) is 6.66. The second-order valence-electron chi connectivity index (χ2n) is 4.43. The number of amides is 2. The van der Waals surface area contributed by atoms with Crippen LogP contribution in [0.1, 0.15) is 52.4 Å². The van der Waals surface area contributed by atoms with Crippen LogP contribution >= 0.6 is 0 Å². The molecular formula is C14H22N2O2. The zero-order chi connectivity index (χ0) is 13.4. The number of hydrogen-bond acceptors (Lipinski definition) is 2. The summed E-state index contributed by atoms with van der Waals surface area (Å²) < 4.78 is 0. The van der Waals surface area contributed by atoms with Gasteiger partial charge in [0.25, 0.3) is 0 Å². The molecule has 4 heteroatoms. The molecule has 0 aliphatic heterocycles. The summed E-state index contributed by atoms with van der Waals surface area (Å²) in [6.07, 6.45) is 8.22. The smallest absolute Gasteiger partial charge is 0.224 e. The number of rotatable bonds is 6. The number of carbonyl (C=O) groups excluding carboxylic acids is 2. The normalized spacial score (nSPS) is 14.6. The van der Waals surface area contributed by atoms with Crippen molar-refractivity contribution in [2.75, 3.05) is 0 Å². The molecule has 0 saturated heterocycles. The number of nitrogens with one attached hydrogen (secondary N) is 2. The van der Waals surface area contributed by atoms with Gasteiger partial charge in [-0.2, -0.15) is 0 Å². The van der Waals surface area contributed by atoms with E-state index in [1.807, 2.05) is 26.0 Å². The maximum atomic E-state index is 11.6. The molecule has 0 saturated carbocycles. The van der Waals surface area contributed by atoms with E-state index in [-0.39, 0.29) is 11.8 Å². The molecule has 0 bridgehead atoms. The first-order valence-electron chi connectivity index (χ1n) is 6.66. The van der Waals surface area contributed by atoms with Crippen molar-refractivity contribution in [2.24, 2.45) is 0 Å². The van der Waals surface area contributed by atoms with Crippen molar-refractivity contribution in [3.8, 4) is 0 Å². The highest BCUT2D eigenvalue weighted by atomic mass is 16.2. The molecule has 2 N–H and O–H groups in total. The SMILES string of the molecule is CCCC(=O)NC1=C(NC(=O)CCC)CCC=C1. The lowest BCUT2D eigenvalue weighted by Crippen LogP contribution is -2.30. The molecule has 0 fully saturated rings. The molecule has 0 atom stereocenters. The Balaban J connectivity index is 2.68. The van der Waals surface area contributed by atoms with Crippen LogP contribution < -0.4 is 10.6 Å². The topological polar surface area (TPSA) is 58.2 Å². The Kier molecular flexibility index (Phi) is 6.19. The quantitative estimate of drug-likeness (QED) is 0.760. The molecule has 18 heavy (non-hydrogen) atoms. The molecule has 0 aromatic heterocycles. The predicted octanol–water partition coefficient (Wildman–Crippen LogP) is 2.38. The monoisotopic (exact) mass is 250 g/mol. The van der Waals surface area contributed by atoms with Crippen molar-refractivity contribution < 1.29 is 9.59 Å². The van der Waals surface area contributed by atoms with E-state index >= 15 is 0 Å². The third-order valence-electron chi connectivity index (χ3n) is 2.69. The first kappa shape index (κ1) is 14.5. The standard InChI is InChI=1S/C14H22N2O2/c1-3-7-13(17)15-11-9-5-6-10-12(11)16-14(18)8-4-2/h5,9H,3-4,6-8,10H2,1-2H3,(H,15,17)(H,16,18). The average molecular weight is 250 g/mol. The zero-order valence-electron chi connectivity index (χ0n) is 11.2. The van der Waals surface area contributed by atoms with E-state index in [2.05, 4.69) is 10.6 Å². The third kappa shape index (κ3) is 4.73. The van der Waals surface area contributed by atoms with Crippen LogP contribution in [0.2, 0.25) is 0 Å². The van der Waals surface area contributed by atoms with Crippen molar-refractivity contribution in [1.29, 1.82) is 0 Å². The molecule has 0 spiro atoms. The molecule has 4 nitrogen and oxygen atoms in total. The highest BCUT2D eigenvalue weighted by molar-refractivity contribution is 5.80. The maximum absolute atomic E-state index is 11.6. The average Bonchev–Trinajstić information content (AvgIpc) is 2.32. The largest absolute Gasteiger partial charge is 0.328 e. The Morgan fingerprint density at radius 2 is 1.72 bits per heavy atom. The lowest BCUT2D eigenvalue weighted by atomic mass is 10.1. The van der Waals surface area contributed by atoms with E-state index in [1.54, 1.807) is 0 Å². The summed E-state index contributed by atoms with van der Waals surface area (Å²) in [6.45, 7) is 3.94. The lowest BCUT2D eigenvalue weighted by Gasteiger charge is -2.17. The van der Waals surface area contributed by atoms with Gasteiger partial charge in [0.2, 0.25) is 11.8 Å². The van der Waals surface area contributed by atoms with Gasteiger partial charge in [-0.15, -0.1) is 0 Å². The lowest BCUT2D eigenvalue weighted by molar-refractivity contribution is -0.121. The van der Waals surface area contributed by atoms with Gasteiger partial charge in [-0.05, 0) is 31.8 Å². The zero-order valence-corrected chi connectivity index (χ0v) is 11.2. The van der Waals surface area contributed by atoms with Gasteiger partial charge in [0.15, 0.2) is 0 Å². The molecule has 1 aliphatic carbocycles. The van der Waals surface area contributed by atoms with E-state index in [0.717, 1.165) is 37.1 Å². The molecule has 100 valence electrons. The molecule has 2 amide bonds. The van der Waals surface area contributed by atoms with Crippen molar-refractivity contribution in [1.82, 2.24) is 10.6 Å². The molecule has 1 aliphatic rings. The van der Waals surface area contributed by atoms with Crippen LogP contribution in [0.15, 0.2) is 23.5 Å². The van der Waals surface area contributed by atoms with Crippen LogP contribution in [0.25, 0.3) is 0 Å². The summed E-state index contributed by atoms with van der Waals surface area (Å²) in [5.74, 6) is 0.0198. The van der Waals surface area contributed by atoms with E-state index in [0.29, 0.717) is 12.8 Å². The molecule has 0 radical (unpaired) electrons. The van der Waals surface area contributed by atoms with E-state index < -0.39 is 0 Å². The predicted molar refractivity (Wildman–Crippen MR) is 71.5 cm³/mol. The Labute approximate surface area is 109 Å². The fourth-order valence-electron chi connectivity index (χ4n) is 1.81. The van der Waals surface area contributed by atoms with Gasteiger partial charge in [0, 0.05) is 18.5 Å². The first-order chi connectivity index (χ1) is 8.67. The minimum absolute atomic E-state index is 0.00119. The maximum Gasteiger partial charge on any atom is 0.224 e. The fraction of sp³-hybridized carbons (Fsp3) is 0.571. The summed E-state index contributed by atoms with van der Waals surface area (Å²) in [4.78, 5) is 23.2. The Morgan fingerprint density at radius 3 is 2.33 bits per heavy atom. The van der Waals surface area contributed by atoms with Gasteiger partial charge in [0.05, 0.1) is 5.70 Å². The fourth-order valence-corrected chi connectivity index (χ4v) is 1.81. The van der Waals surface area contributed by atoms with Gasteiger partial charge in [-0.3, -0.25) is 9.59 Å². The van der Waals surface area contributed by atoms with Crippen LogP contribution in [0, 0.1) is 0 Å². The van der Waals surface area contributed by atoms with Crippen LogP contribution in [0.3, 0.4) is 0 Å².